The van der Waals surface area contributed by atoms with Crippen LogP contribution in [-0.2, 0) is 14.3 Å². The fourth-order valence-corrected chi connectivity index (χ4v) is 3.67. The average Bonchev–Trinajstić information content (AvgIpc) is 2.76. The number of ether oxygens (including phenoxy) is 1. The van der Waals surface area contributed by atoms with E-state index in [-0.39, 0.29) is 40.6 Å². The predicted molar refractivity (Wildman–Crippen MR) is 116 cm³/mol. The number of benzene rings is 2. The maximum atomic E-state index is 12.1. The second kappa shape index (κ2) is 9.91. The van der Waals surface area contributed by atoms with Crippen molar-refractivity contribution in [2.24, 2.45) is 5.92 Å². The summed E-state index contributed by atoms with van der Waals surface area (Å²) in [5.74, 6) is -2.98. The number of esters is 1. The summed E-state index contributed by atoms with van der Waals surface area (Å²) in [6, 6.07) is 8.28. The third kappa shape index (κ3) is 5.81. The van der Waals surface area contributed by atoms with Gasteiger partial charge in [0.05, 0.1) is 0 Å². The minimum Gasteiger partial charge on any atom is -0.504 e. The Bertz CT molecular complexity index is 1060. The third-order valence-corrected chi connectivity index (χ3v) is 5.38. The first kappa shape index (κ1) is 22.7. The lowest BCUT2D eigenvalue weighted by Crippen LogP contribution is -2.26. The highest BCUT2D eigenvalue weighted by atomic mass is 16.5. The monoisotopic (exact) mass is 440 g/mol. The fraction of sp³-hybridized carbons (Fsp3) is 0.250. The number of phenolic OH excluding ortho intramolecular Hbond substituents is 4. The van der Waals surface area contributed by atoms with Crippen LogP contribution in [0.2, 0.25) is 0 Å². The molecule has 0 spiro atoms. The first-order valence-electron chi connectivity index (χ1n) is 10.1. The minimum atomic E-state index is -1.06. The molecular weight excluding hydrogens is 416 g/mol. The van der Waals surface area contributed by atoms with Crippen molar-refractivity contribution >= 4 is 24.1 Å². The van der Waals surface area contributed by atoms with Gasteiger partial charge < -0.3 is 30.3 Å². The topological polar surface area (TPSA) is 145 Å². The number of aromatic hydroxyl groups is 4. The van der Waals surface area contributed by atoms with Crippen molar-refractivity contribution in [2.45, 2.75) is 31.8 Å². The molecule has 0 aliphatic heterocycles. The Morgan fingerprint density at radius 3 is 1.94 bits per heavy atom. The number of phenols is 4. The molecule has 0 amide bonds. The van der Waals surface area contributed by atoms with Crippen molar-refractivity contribution in [1.29, 1.82) is 0 Å². The van der Waals surface area contributed by atoms with Crippen LogP contribution < -0.4 is 0 Å². The van der Waals surface area contributed by atoms with Gasteiger partial charge >= 0.3 is 11.9 Å². The van der Waals surface area contributed by atoms with Gasteiger partial charge in [0.1, 0.15) is 6.10 Å². The zero-order chi connectivity index (χ0) is 23.3. The molecule has 0 atom stereocenters. The normalized spacial score (nSPS) is 19.1. The number of carboxylic acid groups (broad SMARTS) is 1. The van der Waals surface area contributed by atoms with Crippen LogP contribution in [0, 0.1) is 5.92 Å². The molecule has 0 radical (unpaired) electrons. The summed E-state index contributed by atoms with van der Waals surface area (Å²) in [4.78, 5) is 23.9. The molecule has 8 heteroatoms. The lowest BCUT2D eigenvalue weighted by atomic mass is 9.81. The molecule has 1 fully saturated rings. The maximum Gasteiger partial charge on any atom is 0.331 e. The summed E-state index contributed by atoms with van der Waals surface area (Å²) < 4.78 is 5.44. The van der Waals surface area contributed by atoms with E-state index in [1.165, 1.54) is 54.6 Å². The molecule has 32 heavy (non-hydrogen) atoms. The molecule has 3 rings (SSSR count). The summed E-state index contributed by atoms with van der Waals surface area (Å²) in [5.41, 5.74) is 1.20. The Labute approximate surface area is 184 Å². The lowest BCUT2D eigenvalue weighted by molar-refractivity contribution is -0.145. The summed E-state index contributed by atoms with van der Waals surface area (Å²) >= 11 is 0. The molecule has 1 aliphatic carbocycles. The highest BCUT2D eigenvalue weighted by Crippen LogP contribution is 2.34. The SMILES string of the molecule is O=C(/C=C/c1ccc(O)c(O)c1)OC1CCC(/C(=C/c2ccc(O)c(O)c2)C(=O)O)CC1. The molecule has 2 aromatic carbocycles. The van der Waals surface area contributed by atoms with E-state index in [2.05, 4.69) is 0 Å². The van der Waals surface area contributed by atoms with E-state index in [0.717, 1.165) is 0 Å². The number of carbonyl (C=O) groups excluding carboxylic acids is 1. The fourth-order valence-electron chi connectivity index (χ4n) is 3.67. The van der Waals surface area contributed by atoms with Crippen LogP contribution in [0.1, 0.15) is 36.8 Å². The van der Waals surface area contributed by atoms with Gasteiger partial charge in [0.15, 0.2) is 23.0 Å². The van der Waals surface area contributed by atoms with Gasteiger partial charge in [-0.1, -0.05) is 12.1 Å². The quantitative estimate of drug-likeness (QED) is 0.259. The smallest absolute Gasteiger partial charge is 0.331 e. The van der Waals surface area contributed by atoms with Crippen molar-refractivity contribution in [1.82, 2.24) is 0 Å². The van der Waals surface area contributed by atoms with Crippen molar-refractivity contribution in [2.75, 3.05) is 0 Å². The van der Waals surface area contributed by atoms with E-state index >= 15 is 0 Å². The number of aliphatic carboxylic acids is 1. The van der Waals surface area contributed by atoms with Crippen LogP contribution in [0.15, 0.2) is 48.0 Å². The molecule has 5 N–H and O–H groups in total. The summed E-state index contributed by atoms with van der Waals surface area (Å²) in [6.07, 6.45) is 5.92. The largest absolute Gasteiger partial charge is 0.504 e. The molecule has 2 aromatic rings. The highest BCUT2D eigenvalue weighted by molar-refractivity contribution is 5.93. The van der Waals surface area contributed by atoms with Crippen molar-refractivity contribution in [3.8, 4) is 23.0 Å². The van der Waals surface area contributed by atoms with Gasteiger partial charge in [0.25, 0.3) is 0 Å². The van der Waals surface area contributed by atoms with E-state index in [0.29, 0.717) is 36.8 Å². The number of carboxylic acids is 1. The first-order valence-corrected chi connectivity index (χ1v) is 10.1. The van der Waals surface area contributed by atoms with Crippen molar-refractivity contribution < 1.29 is 39.9 Å². The zero-order valence-corrected chi connectivity index (χ0v) is 17.1. The molecule has 0 aromatic heterocycles. The summed E-state index contributed by atoms with van der Waals surface area (Å²) in [5, 5.41) is 47.5. The van der Waals surface area contributed by atoms with E-state index in [1.807, 2.05) is 0 Å². The van der Waals surface area contributed by atoms with E-state index < -0.39 is 11.9 Å². The molecule has 8 nitrogen and oxygen atoms in total. The van der Waals surface area contributed by atoms with Crippen LogP contribution in [0.4, 0.5) is 0 Å². The average molecular weight is 440 g/mol. The van der Waals surface area contributed by atoms with Gasteiger partial charge in [-0.3, -0.25) is 0 Å². The Hall–Kier alpha value is -3.94. The highest BCUT2D eigenvalue weighted by Gasteiger charge is 2.28. The number of hydrogen-bond donors (Lipinski definition) is 5. The molecular formula is C24H24O8. The molecule has 168 valence electrons. The minimum absolute atomic E-state index is 0.201. The van der Waals surface area contributed by atoms with Gasteiger partial charge in [-0.2, -0.15) is 0 Å². The molecule has 1 aliphatic rings. The Kier molecular flexibility index (Phi) is 7.04. The second-order valence-corrected chi connectivity index (χ2v) is 7.64. The Morgan fingerprint density at radius 2 is 1.38 bits per heavy atom. The van der Waals surface area contributed by atoms with Crippen molar-refractivity contribution in [3.05, 3.63) is 59.2 Å². The Morgan fingerprint density at radius 1 is 0.812 bits per heavy atom. The van der Waals surface area contributed by atoms with Crippen LogP contribution in [0.25, 0.3) is 12.2 Å². The number of rotatable bonds is 6. The van der Waals surface area contributed by atoms with E-state index in [9.17, 15) is 35.1 Å². The molecule has 0 bridgehead atoms. The third-order valence-electron chi connectivity index (χ3n) is 5.38. The van der Waals surface area contributed by atoms with Gasteiger partial charge in [-0.15, -0.1) is 0 Å². The summed E-state index contributed by atoms with van der Waals surface area (Å²) in [7, 11) is 0. The lowest BCUT2D eigenvalue weighted by Gasteiger charge is -2.28. The van der Waals surface area contributed by atoms with E-state index in [4.69, 9.17) is 4.74 Å². The Balaban J connectivity index is 1.58. The molecule has 0 saturated heterocycles. The van der Waals surface area contributed by atoms with Gasteiger partial charge in [0.2, 0.25) is 0 Å². The van der Waals surface area contributed by atoms with Gasteiger partial charge in [0, 0.05) is 11.6 Å². The zero-order valence-electron chi connectivity index (χ0n) is 17.1. The predicted octanol–water partition coefficient (Wildman–Crippen LogP) is 3.79. The standard InChI is InChI=1S/C24H24O8/c25-19-8-1-14(12-21(19)27)3-10-23(29)32-17-6-4-16(5-7-17)18(24(30)31)11-15-2-9-20(26)22(28)13-15/h1-3,8-13,16-17,25-28H,4-7H2,(H,30,31)/b10-3+,18-11-. The molecule has 0 unspecified atom stereocenters. The molecule has 1 saturated carbocycles. The number of hydrogen-bond acceptors (Lipinski definition) is 7. The first-order chi connectivity index (χ1) is 15.2. The van der Waals surface area contributed by atoms with Crippen molar-refractivity contribution in [3.63, 3.8) is 0 Å². The van der Waals surface area contributed by atoms with Crippen LogP contribution in [-0.4, -0.2) is 43.6 Å². The van der Waals surface area contributed by atoms with Gasteiger partial charge in [-0.25, -0.2) is 9.59 Å². The van der Waals surface area contributed by atoms with Crippen LogP contribution in [0.5, 0.6) is 23.0 Å². The van der Waals surface area contributed by atoms with Crippen LogP contribution >= 0.6 is 0 Å². The van der Waals surface area contributed by atoms with E-state index in [1.54, 1.807) is 0 Å². The number of carbonyl (C=O) groups is 2. The summed E-state index contributed by atoms with van der Waals surface area (Å²) in [6.45, 7) is 0. The molecule has 0 heterocycles. The van der Waals surface area contributed by atoms with Gasteiger partial charge in [-0.05, 0) is 79.1 Å². The maximum absolute atomic E-state index is 12.1. The van der Waals surface area contributed by atoms with Crippen LogP contribution in [0.3, 0.4) is 0 Å². The second-order valence-electron chi connectivity index (χ2n) is 7.64.